The summed E-state index contributed by atoms with van der Waals surface area (Å²) in [4.78, 5) is 28.3. The van der Waals surface area contributed by atoms with Gasteiger partial charge in [0.15, 0.2) is 12.0 Å². The third kappa shape index (κ3) is 8.55. The number of halogens is 5. The number of methoxy groups -OCH3 is 1. The molecule has 1 spiro atoms. The molecule has 64 heavy (non-hydrogen) atoms. The smallest absolute Gasteiger partial charge is 0.335 e. The molecule has 5 aromatic carbocycles. The van der Waals surface area contributed by atoms with Crippen molar-refractivity contribution in [1.29, 1.82) is 0 Å². The zero-order valence-electron chi connectivity index (χ0n) is 34.5. The van der Waals surface area contributed by atoms with Crippen molar-refractivity contribution in [3.8, 4) is 5.75 Å². The van der Waals surface area contributed by atoms with Gasteiger partial charge in [-0.25, -0.2) is 9.36 Å². The molecule has 3 aliphatic rings. The lowest BCUT2D eigenvalue weighted by Crippen LogP contribution is -2.44. The molecule has 3 fully saturated rings. The average molecular weight is 965 g/mol. The average Bonchev–Trinajstić information content (AvgIpc) is 3.81. The van der Waals surface area contributed by atoms with Crippen molar-refractivity contribution in [1.82, 2.24) is 9.13 Å². The lowest BCUT2D eigenvalue weighted by Gasteiger charge is -2.37. The molecule has 0 bridgehead atoms. The van der Waals surface area contributed by atoms with Crippen LogP contribution in [0.1, 0.15) is 72.3 Å². The highest BCUT2D eigenvalue weighted by atomic mass is 35.5. The van der Waals surface area contributed by atoms with Crippen LogP contribution in [-0.2, 0) is 36.0 Å². The van der Waals surface area contributed by atoms with Gasteiger partial charge in [0.25, 0.3) is 5.56 Å². The number of nitrogens with zero attached hydrogens (tertiary/aromatic N) is 2. The fraction of sp³-hybridized carbons (Fsp3) is 0.306. The first-order chi connectivity index (χ1) is 31.0. The Morgan fingerprint density at radius 3 is 1.75 bits per heavy atom. The monoisotopic (exact) mass is 962 g/mol. The topological polar surface area (TPSA) is 99.4 Å². The molecule has 1 saturated carbocycles. The molecule has 5 atom stereocenters. The van der Waals surface area contributed by atoms with E-state index in [9.17, 15) is 9.59 Å². The summed E-state index contributed by atoms with van der Waals surface area (Å²) in [6, 6.07) is 37.5. The normalized spacial score (nSPS) is 20.9. The van der Waals surface area contributed by atoms with Gasteiger partial charge < -0.3 is 28.4 Å². The van der Waals surface area contributed by atoms with Gasteiger partial charge in [-0.15, -0.1) is 0 Å². The number of fused-ring (bicyclic) bond motifs is 1. The molecule has 3 heterocycles. The van der Waals surface area contributed by atoms with Crippen LogP contribution in [0.15, 0.2) is 137 Å². The zero-order valence-corrected chi connectivity index (χ0v) is 38.3. The zero-order chi connectivity index (χ0) is 44.6. The van der Waals surface area contributed by atoms with E-state index in [4.69, 9.17) is 86.4 Å². The number of hydrogen-bond donors (Lipinski definition) is 0. The molecule has 2 saturated heterocycles. The quantitative estimate of drug-likeness (QED) is 0.106. The molecular formula is C49H43Cl5N2O8. The van der Waals surface area contributed by atoms with Gasteiger partial charge in [-0.2, -0.15) is 0 Å². The second-order valence-electron chi connectivity index (χ2n) is 16.0. The van der Waals surface area contributed by atoms with Crippen molar-refractivity contribution >= 4 is 58.0 Å². The first-order valence-electron chi connectivity index (χ1n) is 20.9. The Morgan fingerprint density at radius 2 is 1.22 bits per heavy atom. The highest BCUT2D eigenvalue weighted by molar-refractivity contribution is 6.40. The van der Waals surface area contributed by atoms with Crippen LogP contribution in [-0.4, -0.2) is 46.9 Å². The van der Waals surface area contributed by atoms with E-state index >= 15 is 0 Å². The van der Waals surface area contributed by atoms with E-state index < -0.39 is 60.0 Å². The predicted molar refractivity (Wildman–Crippen MR) is 247 cm³/mol. The Labute approximate surface area is 395 Å². The van der Waals surface area contributed by atoms with Crippen molar-refractivity contribution in [3.05, 3.63) is 201 Å². The fourth-order valence-corrected chi connectivity index (χ4v) is 10.9. The summed E-state index contributed by atoms with van der Waals surface area (Å²) >= 11 is 33.3. The molecule has 0 N–H and O–H groups in total. The van der Waals surface area contributed by atoms with Crippen LogP contribution >= 0.6 is 58.0 Å². The van der Waals surface area contributed by atoms with E-state index in [1.807, 2.05) is 91.0 Å². The molecular weight excluding hydrogens is 922 g/mol. The summed E-state index contributed by atoms with van der Waals surface area (Å²) in [6.07, 6.45) is 1.48. The Balaban J connectivity index is 1.08. The molecule has 9 rings (SSSR count). The molecule has 1 aliphatic carbocycles. The third-order valence-electron chi connectivity index (χ3n) is 12.2. The minimum Gasteiger partial charge on any atom is -0.497 e. The summed E-state index contributed by atoms with van der Waals surface area (Å²) in [6.45, 7) is -0.513. The Morgan fingerprint density at radius 1 is 0.703 bits per heavy atom. The molecule has 6 aromatic rings. The number of benzene rings is 5. The van der Waals surface area contributed by atoms with Gasteiger partial charge in [0.05, 0.1) is 23.8 Å². The molecule has 10 nitrogen and oxygen atoms in total. The first kappa shape index (κ1) is 45.0. The van der Waals surface area contributed by atoms with Crippen molar-refractivity contribution in [2.75, 3.05) is 13.7 Å². The van der Waals surface area contributed by atoms with Crippen molar-refractivity contribution in [2.24, 2.45) is 0 Å². The van der Waals surface area contributed by atoms with Gasteiger partial charge in [0.1, 0.15) is 42.5 Å². The number of ether oxygens (including phenoxy) is 6. The molecule has 332 valence electrons. The Hall–Kier alpha value is -4.17. The van der Waals surface area contributed by atoms with E-state index in [0.717, 1.165) is 40.5 Å². The van der Waals surface area contributed by atoms with Gasteiger partial charge in [-0.3, -0.25) is 9.36 Å². The maximum atomic E-state index is 14.7. The molecule has 1 aromatic heterocycles. The fourth-order valence-electron chi connectivity index (χ4n) is 9.20. The van der Waals surface area contributed by atoms with E-state index in [0.29, 0.717) is 18.6 Å². The summed E-state index contributed by atoms with van der Waals surface area (Å²) < 4.78 is 41.9. The van der Waals surface area contributed by atoms with Crippen LogP contribution in [0.3, 0.4) is 0 Å². The standard InChI is InChI=1S/C49H43Cl5N2O8/c1-59-34-26-37(53)42(38(54)27-34)44(41-35(51)24-33(50)25-36(41)52)60-29-56-40(57)20-23-55(47(56)58)46-45-43(63-48(64-45)21-12-5-13-22-48)39(62-46)28-61-49(30-14-6-2-7-15-30,31-16-8-3-9-17-31)32-18-10-4-11-19-32/h2-4,6-11,14-20,23-27,39,43-46H,5,12-13,21-22,28-29H2,1H3/t39-,43-,44+,45-,46-/m1/s1. The van der Waals surface area contributed by atoms with Crippen molar-refractivity contribution < 1.29 is 28.4 Å². The van der Waals surface area contributed by atoms with Crippen LogP contribution in [0.25, 0.3) is 0 Å². The summed E-state index contributed by atoms with van der Waals surface area (Å²) in [5.74, 6) is -0.461. The summed E-state index contributed by atoms with van der Waals surface area (Å²) in [7, 11) is 1.48. The molecule has 0 unspecified atom stereocenters. The summed E-state index contributed by atoms with van der Waals surface area (Å²) in [5, 5.41) is 0.905. The van der Waals surface area contributed by atoms with Gasteiger partial charge in [0, 0.05) is 51.3 Å². The van der Waals surface area contributed by atoms with E-state index in [-0.39, 0.29) is 42.8 Å². The predicted octanol–water partition coefficient (Wildman–Crippen LogP) is 11.4. The van der Waals surface area contributed by atoms with E-state index in [1.54, 1.807) is 12.1 Å². The number of rotatable bonds is 13. The molecule has 15 heteroatoms. The van der Waals surface area contributed by atoms with Crippen LogP contribution in [0, 0.1) is 0 Å². The van der Waals surface area contributed by atoms with E-state index in [1.165, 1.54) is 36.1 Å². The number of hydrogen-bond acceptors (Lipinski definition) is 8. The van der Waals surface area contributed by atoms with Gasteiger partial charge in [-0.05, 0) is 53.8 Å². The third-order valence-corrected chi connectivity index (χ3v) is 13.7. The minimum atomic E-state index is -1.17. The molecule has 2 aliphatic heterocycles. The Bertz CT molecular complexity index is 2590. The number of aromatic nitrogens is 2. The largest absolute Gasteiger partial charge is 0.497 e. The van der Waals surface area contributed by atoms with Crippen LogP contribution in [0.5, 0.6) is 5.75 Å². The van der Waals surface area contributed by atoms with Crippen LogP contribution < -0.4 is 16.0 Å². The van der Waals surface area contributed by atoms with Gasteiger partial charge in [-0.1, -0.05) is 155 Å². The van der Waals surface area contributed by atoms with Gasteiger partial charge in [0.2, 0.25) is 0 Å². The minimum absolute atomic E-state index is 0.0565. The summed E-state index contributed by atoms with van der Waals surface area (Å²) in [5.41, 5.74) is 0.894. The second kappa shape index (κ2) is 19.0. The maximum Gasteiger partial charge on any atom is 0.335 e. The van der Waals surface area contributed by atoms with Crippen molar-refractivity contribution in [2.45, 2.75) is 80.9 Å². The highest BCUT2D eigenvalue weighted by Crippen LogP contribution is 2.50. The lowest BCUT2D eigenvalue weighted by molar-refractivity contribution is -0.236. The first-order valence-corrected chi connectivity index (χ1v) is 22.8. The Kier molecular flexibility index (Phi) is 13.3. The van der Waals surface area contributed by atoms with Crippen molar-refractivity contribution in [3.63, 3.8) is 0 Å². The highest BCUT2D eigenvalue weighted by Gasteiger charge is 2.59. The van der Waals surface area contributed by atoms with E-state index in [2.05, 4.69) is 0 Å². The molecule has 0 radical (unpaired) electrons. The second-order valence-corrected chi connectivity index (χ2v) is 18.1. The van der Waals surface area contributed by atoms with Crippen LogP contribution in [0.4, 0.5) is 0 Å². The van der Waals surface area contributed by atoms with Gasteiger partial charge >= 0.3 is 5.69 Å². The maximum absolute atomic E-state index is 14.7. The SMILES string of the molecule is COc1cc(Cl)c([C@@H](OCn2c(=O)ccn([C@@H]3O[C@H](COC(c4ccccc4)(c4ccccc4)c4ccccc4)[C@H]4OC5(CCCCC5)O[C@H]43)c2=O)c2c(Cl)cc(Cl)cc2Cl)c(Cl)c1. The molecule has 0 amide bonds. The van der Waals surface area contributed by atoms with Crippen LogP contribution in [0.2, 0.25) is 25.1 Å². The lowest BCUT2D eigenvalue weighted by atomic mass is 9.80.